The predicted molar refractivity (Wildman–Crippen MR) is 103 cm³/mol. The smallest absolute Gasteiger partial charge is 0.213 e. The van der Waals surface area contributed by atoms with Crippen molar-refractivity contribution in [3.8, 4) is 5.88 Å². The molecule has 1 aromatic carbocycles. The fourth-order valence-electron chi connectivity index (χ4n) is 2.27. The highest BCUT2D eigenvalue weighted by Crippen LogP contribution is 2.19. The third-order valence-corrected chi connectivity index (χ3v) is 4.98. The van der Waals surface area contributed by atoms with Crippen molar-refractivity contribution >= 4 is 32.9 Å². The average Bonchev–Trinajstić information content (AvgIpc) is 2.59. The van der Waals surface area contributed by atoms with Gasteiger partial charge in [0.05, 0.1) is 29.9 Å². The molecular formula is C17H21N3O3S2. The van der Waals surface area contributed by atoms with Crippen molar-refractivity contribution in [1.29, 1.82) is 0 Å². The fourth-order valence-corrected chi connectivity index (χ4v) is 3.16. The number of benzene rings is 1. The maximum Gasteiger partial charge on any atom is 0.213 e. The second-order valence-electron chi connectivity index (χ2n) is 5.49. The van der Waals surface area contributed by atoms with E-state index in [1.807, 2.05) is 13.0 Å². The molecule has 0 spiro atoms. The molecule has 6 nitrogen and oxygen atoms in total. The second kappa shape index (κ2) is 8.26. The maximum absolute atomic E-state index is 11.5. The van der Waals surface area contributed by atoms with Gasteiger partial charge in [-0.05, 0) is 42.4 Å². The minimum absolute atomic E-state index is 0.0279. The van der Waals surface area contributed by atoms with Crippen LogP contribution in [0.2, 0.25) is 0 Å². The van der Waals surface area contributed by atoms with Gasteiger partial charge < -0.3 is 15.4 Å². The Morgan fingerprint density at radius 1 is 1.24 bits per heavy atom. The van der Waals surface area contributed by atoms with Crippen LogP contribution in [0.3, 0.4) is 0 Å². The summed E-state index contributed by atoms with van der Waals surface area (Å²) in [7, 11) is -1.64. The molecule has 1 atom stereocenters. The van der Waals surface area contributed by atoms with Gasteiger partial charge in [-0.15, -0.1) is 0 Å². The molecule has 0 fully saturated rings. The molecule has 1 heterocycles. The number of aromatic nitrogens is 1. The fraction of sp³-hybridized carbons (Fsp3) is 0.294. The number of thiocarbonyl (C=S) groups is 1. The minimum atomic E-state index is -3.20. The summed E-state index contributed by atoms with van der Waals surface area (Å²) < 4.78 is 28.1. The Morgan fingerprint density at radius 3 is 2.40 bits per heavy atom. The van der Waals surface area contributed by atoms with Crippen LogP contribution in [0.4, 0.5) is 5.69 Å². The summed E-state index contributed by atoms with van der Waals surface area (Å²) >= 11 is 5.35. The van der Waals surface area contributed by atoms with E-state index in [-0.39, 0.29) is 6.04 Å². The normalized spacial score (nSPS) is 12.3. The average molecular weight is 380 g/mol. The molecule has 0 saturated heterocycles. The van der Waals surface area contributed by atoms with Gasteiger partial charge in [0.1, 0.15) is 0 Å². The Bertz CT molecular complexity index is 819. The van der Waals surface area contributed by atoms with Crippen LogP contribution in [-0.4, -0.2) is 31.9 Å². The Kier molecular flexibility index (Phi) is 6.33. The van der Waals surface area contributed by atoms with Gasteiger partial charge >= 0.3 is 0 Å². The monoisotopic (exact) mass is 379 g/mol. The van der Waals surface area contributed by atoms with Crippen molar-refractivity contribution in [2.75, 3.05) is 18.7 Å². The number of hydrogen-bond acceptors (Lipinski definition) is 5. The topological polar surface area (TPSA) is 80.3 Å². The Balaban J connectivity index is 2.03. The molecule has 0 aliphatic heterocycles. The first-order valence-electron chi connectivity index (χ1n) is 7.71. The third-order valence-electron chi connectivity index (χ3n) is 3.63. The molecule has 0 saturated carbocycles. The zero-order chi connectivity index (χ0) is 18.4. The van der Waals surface area contributed by atoms with Gasteiger partial charge in [-0.25, -0.2) is 13.4 Å². The van der Waals surface area contributed by atoms with Crippen LogP contribution in [0.25, 0.3) is 0 Å². The van der Waals surface area contributed by atoms with Crippen molar-refractivity contribution in [2.45, 2.75) is 24.3 Å². The van der Waals surface area contributed by atoms with Gasteiger partial charge in [0.2, 0.25) is 5.88 Å². The van der Waals surface area contributed by atoms with Gasteiger partial charge in [-0.1, -0.05) is 19.1 Å². The molecule has 2 aromatic rings. The molecule has 0 aliphatic carbocycles. The van der Waals surface area contributed by atoms with E-state index < -0.39 is 9.84 Å². The van der Waals surface area contributed by atoms with Gasteiger partial charge in [-0.2, -0.15) is 0 Å². The van der Waals surface area contributed by atoms with Crippen molar-refractivity contribution in [3.63, 3.8) is 0 Å². The van der Waals surface area contributed by atoms with Crippen molar-refractivity contribution < 1.29 is 13.2 Å². The van der Waals surface area contributed by atoms with Crippen molar-refractivity contribution in [1.82, 2.24) is 10.3 Å². The summed E-state index contributed by atoms with van der Waals surface area (Å²) in [6, 6.07) is 10.4. The number of nitrogens with one attached hydrogen (secondary N) is 2. The summed E-state index contributed by atoms with van der Waals surface area (Å²) in [5.41, 5.74) is 1.72. The zero-order valence-electron chi connectivity index (χ0n) is 14.3. The lowest BCUT2D eigenvalue weighted by molar-refractivity contribution is 0.398. The van der Waals surface area contributed by atoms with E-state index in [0.29, 0.717) is 15.9 Å². The number of nitrogens with zero attached hydrogens (tertiary/aromatic N) is 1. The molecule has 2 N–H and O–H groups in total. The molecule has 0 bridgehead atoms. The van der Waals surface area contributed by atoms with Crippen molar-refractivity contribution in [2.24, 2.45) is 0 Å². The first kappa shape index (κ1) is 19.1. The minimum Gasteiger partial charge on any atom is -0.481 e. The molecule has 0 radical (unpaired) electrons. The van der Waals surface area contributed by atoms with E-state index in [1.165, 1.54) is 6.26 Å². The van der Waals surface area contributed by atoms with Gasteiger partial charge in [0, 0.05) is 12.3 Å². The summed E-state index contributed by atoms with van der Waals surface area (Å²) in [6.07, 6.45) is 3.62. The number of ether oxygens (including phenoxy) is 1. The number of pyridine rings is 1. The van der Waals surface area contributed by atoms with Gasteiger partial charge in [0.25, 0.3) is 0 Å². The van der Waals surface area contributed by atoms with Crippen molar-refractivity contribution in [3.05, 3.63) is 48.2 Å². The van der Waals surface area contributed by atoms with Crippen LogP contribution in [0.15, 0.2) is 47.5 Å². The summed E-state index contributed by atoms with van der Waals surface area (Å²) in [6.45, 7) is 2.03. The molecule has 8 heteroatoms. The lowest BCUT2D eigenvalue weighted by atomic mass is 10.1. The molecule has 134 valence electrons. The Labute approximate surface area is 153 Å². The van der Waals surface area contributed by atoms with Crippen LogP contribution in [0, 0.1) is 0 Å². The van der Waals surface area contributed by atoms with Crippen LogP contribution in [0.5, 0.6) is 5.88 Å². The zero-order valence-corrected chi connectivity index (χ0v) is 15.9. The summed E-state index contributed by atoms with van der Waals surface area (Å²) in [4.78, 5) is 4.41. The van der Waals surface area contributed by atoms with E-state index >= 15 is 0 Å². The number of methoxy groups -OCH3 is 1. The first-order chi connectivity index (χ1) is 11.8. The van der Waals surface area contributed by atoms with Gasteiger partial charge in [0.15, 0.2) is 14.9 Å². The molecule has 2 rings (SSSR count). The number of rotatable bonds is 6. The highest BCUT2D eigenvalue weighted by atomic mass is 32.2. The largest absolute Gasteiger partial charge is 0.481 e. The summed E-state index contributed by atoms with van der Waals surface area (Å²) in [5, 5.41) is 6.76. The number of anilines is 1. The van der Waals surface area contributed by atoms with E-state index in [4.69, 9.17) is 17.0 Å². The lowest BCUT2D eigenvalue weighted by Crippen LogP contribution is -2.32. The highest BCUT2D eigenvalue weighted by Gasteiger charge is 2.13. The third kappa shape index (κ3) is 5.40. The van der Waals surface area contributed by atoms with Crippen LogP contribution >= 0.6 is 12.2 Å². The molecular weight excluding hydrogens is 358 g/mol. The Hall–Kier alpha value is -2.19. The van der Waals surface area contributed by atoms with Gasteiger partial charge in [-0.3, -0.25) is 0 Å². The molecule has 0 aliphatic rings. The number of hydrogen-bond donors (Lipinski definition) is 2. The van der Waals surface area contributed by atoms with Crippen LogP contribution in [-0.2, 0) is 9.84 Å². The molecule has 25 heavy (non-hydrogen) atoms. The molecule has 0 amide bonds. The van der Waals surface area contributed by atoms with E-state index in [2.05, 4.69) is 15.6 Å². The van der Waals surface area contributed by atoms with E-state index in [1.54, 1.807) is 43.6 Å². The molecule has 1 aromatic heterocycles. The summed E-state index contributed by atoms with van der Waals surface area (Å²) in [5.74, 6) is 0.529. The van der Waals surface area contributed by atoms with Crippen LogP contribution < -0.4 is 15.4 Å². The highest BCUT2D eigenvalue weighted by molar-refractivity contribution is 7.90. The maximum atomic E-state index is 11.5. The molecule has 1 unspecified atom stereocenters. The standard InChI is InChI=1S/C17H21N3O3S2/c1-4-15(12-5-8-14(9-6-12)25(3,21)22)20-17(24)19-13-7-10-16(23-2)18-11-13/h5-11,15H,4H2,1-3H3,(H2,19,20,24). The SMILES string of the molecule is CCC(NC(=S)Nc1ccc(OC)nc1)c1ccc(S(C)(=O)=O)cc1. The second-order valence-corrected chi connectivity index (χ2v) is 7.91. The predicted octanol–water partition coefficient (Wildman–Crippen LogP) is 2.93. The lowest BCUT2D eigenvalue weighted by Gasteiger charge is -2.20. The number of sulfone groups is 1. The Morgan fingerprint density at radius 2 is 1.92 bits per heavy atom. The van der Waals surface area contributed by atoms with E-state index in [0.717, 1.165) is 17.7 Å². The quantitative estimate of drug-likeness (QED) is 0.747. The van der Waals surface area contributed by atoms with E-state index in [9.17, 15) is 8.42 Å². The van der Waals surface area contributed by atoms with Crippen LogP contribution in [0.1, 0.15) is 24.9 Å². The first-order valence-corrected chi connectivity index (χ1v) is 10.0.